The van der Waals surface area contributed by atoms with Gasteiger partial charge in [-0.1, -0.05) is 12.1 Å². The third-order valence-electron chi connectivity index (χ3n) is 3.70. The first kappa shape index (κ1) is 22.5. The Morgan fingerprint density at radius 2 is 1.31 bits per heavy atom. The third-order valence-corrected chi connectivity index (χ3v) is 3.80. The van der Waals surface area contributed by atoms with Gasteiger partial charge in [-0.2, -0.15) is 4.99 Å². The first-order chi connectivity index (χ1) is 15.5. The van der Waals surface area contributed by atoms with Gasteiger partial charge < -0.3 is 15.2 Å². The van der Waals surface area contributed by atoms with Gasteiger partial charge in [0.1, 0.15) is 40.5 Å². The Labute approximate surface area is 188 Å². The van der Waals surface area contributed by atoms with Crippen molar-refractivity contribution in [3.8, 4) is 23.0 Å². The number of nitrogens with zero attached hydrogens (tertiary/aromatic N) is 3. The average molecular weight is 450 g/mol. The SMILES string of the molecule is Fc1cccc(Oc2ccc(N=C=S)nc2)c1.Nc1ccc(Oc2cccc(F)c2)cn1. The molecule has 6 nitrogen and oxygen atoms in total. The van der Waals surface area contributed by atoms with Gasteiger partial charge in [0.2, 0.25) is 0 Å². The third kappa shape index (κ3) is 7.24. The number of anilines is 1. The van der Waals surface area contributed by atoms with Crippen LogP contribution in [0.15, 0.2) is 90.2 Å². The molecular formula is C23H16F2N4O2S. The maximum atomic E-state index is 12.9. The largest absolute Gasteiger partial charge is 0.456 e. The second-order valence-electron chi connectivity index (χ2n) is 6.09. The van der Waals surface area contributed by atoms with Gasteiger partial charge in [-0.3, -0.25) is 0 Å². The zero-order chi connectivity index (χ0) is 22.8. The Morgan fingerprint density at radius 1 is 0.750 bits per heavy atom. The van der Waals surface area contributed by atoms with E-state index in [9.17, 15) is 8.78 Å². The van der Waals surface area contributed by atoms with Crippen molar-refractivity contribution in [2.45, 2.75) is 0 Å². The molecule has 0 amide bonds. The molecular weight excluding hydrogens is 434 g/mol. The highest BCUT2D eigenvalue weighted by Gasteiger charge is 2.00. The van der Waals surface area contributed by atoms with Gasteiger partial charge in [0.15, 0.2) is 5.82 Å². The zero-order valence-corrected chi connectivity index (χ0v) is 17.3. The number of hydrogen-bond acceptors (Lipinski definition) is 7. The number of aliphatic imine (C=N–C) groups is 1. The first-order valence-corrected chi connectivity index (χ1v) is 9.55. The molecule has 4 rings (SSSR count). The molecule has 2 aromatic carbocycles. The van der Waals surface area contributed by atoms with Crippen molar-refractivity contribution in [1.29, 1.82) is 0 Å². The minimum absolute atomic E-state index is 0.337. The molecule has 9 heteroatoms. The molecule has 0 atom stereocenters. The highest BCUT2D eigenvalue weighted by atomic mass is 32.1. The van der Waals surface area contributed by atoms with Crippen molar-refractivity contribution in [3.05, 3.63) is 96.8 Å². The Bertz CT molecular complexity index is 1220. The van der Waals surface area contributed by atoms with Gasteiger partial charge in [-0.05, 0) is 60.7 Å². The Morgan fingerprint density at radius 3 is 1.75 bits per heavy atom. The molecule has 32 heavy (non-hydrogen) atoms. The fourth-order valence-electron chi connectivity index (χ4n) is 2.33. The molecule has 0 radical (unpaired) electrons. The van der Waals surface area contributed by atoms with Crippen molar-refractivity contribution < 1.29 is 18.3 Å². The molecule has 2 aromatic heterocycles. The van der Waals surface area contributed by atoms with E-state index < -0.39 is 0 Å². The summed E-state index contributed by atoms with van der Waals surface area (Å²) in [5.41, 5.74) is 5.42. The summed E-state index contributed by atoms with van der Waals surface area (Å²) >= 11 is 4.46. The fraction of sp³-hybridized carbons (Fsp3) is 0. The van der Waals surface area contributed by atoms with Crippen molar-refractivity contribution in [3.63, 3.8) is 0 Å². The predicted molar refractivity (Wildman–Crippen MR) is 121 cm³/mol. The van der Waals surface area contributed by atoms with Gasteiger partial charge in [-0.15, -0.1) is 0 Å². The van der Waals surface area contributed by atoms with E-state index >= 15 is 0 Å². The lowest BCUT2D eigenvalue weighted by molar-refractivity contribution is 0.474. The lowest BCUT2D eigenvalue weighted by atomic mass is 10.3. The first-order valence-electron chi connectivity index (χ1n) is 9.14. The van der Waals surface area contributed by atoms with Crippen molar-refractivity contribution >= 4 is 29.0 Å². The summed E-state index contributed by atoms with van der Waals surface area (Å²) in [6.45, 7) is 0. The van der Waals surface area contributed by atoms with E-state index in [4.69, 9.17) is 15.2 Å². The molecule has 0 bridgehead atoms. The lowest BCUT2D eigenvalue weighted by Crippen LogP contribution is -1.90. The standard InChI is InChI=1S/C12H7FN2OS.C11H9FN2O/c13-9-2-1-3-10(6-9)16-11-4-5-12(14-7-11)15-8-17;12-8-2-1-3-9(6-8)15-10-4-5-11(13)14-7-10/h1-7H;1-7H,(H2,13,14). The highest BCUT2D eigenvalue weighted by Crippen LogP contribution is 2.23. The number of isothiocyanates is 1. The molecule has 160 valence electrons. The maximum absolute atomic E-state index is 12.9. The summed E-state index contributed by atoms with van der Waals surface area (Å²) in [6, 6.07) is 18.4. The number of rotatable bonds is 5. The van der Waals surface area contributed by atoms with E-state index in [1.54, 1.807) is 48.5 Å². The molecule has 2 N–H and O–H groups in total. The number of nitrogens with two attached hydrogens (primary N) is 1. The molecule has 0 unspecified atom stereocenters. The normalized spacial score (nSPS) is 9.69. The van der Waals surface area contributed by atoms with Gasteiger partial charge in [-0.25, -0.2) is 18.7 Å². The van der Waals surface area contributed by atoms with E-state index in [1.165, 1.54) is 36.7 Å². The number of pyridine rings is 2. The van der Waals surface area contributed by atoms with Crippen molar-refractivity contribution in [2.75, 3.05) is 5.73 Å². The summed E-state index contributed by atoms with van der Waals surface area (Å²) in [4.78, 5) is 11.5. The van der Waals surface area contributed by atoms with Crippen LogP contribution in [0.2, 0.25) is 0 Å². The summed E-state index contributed by atoms with van der Waals surface area (Å²) in [5.74, 6) is 2.05. The van der Waals surface area contributed by atoms with Crippen LogP contribution in [0.5, 0.6) is 23.0 Å². The van der Waals surface area contributed by atoms with Crippen molar-refractivity contribution in [2.24, 2.45) is 4.99 Å². The molecule has 0 aliphatic heterocycles. The lowest BCUT2D eigenvalue weighted by Gasteiger charge is -2.04. The van der Waals surface area contributed by atoms with E-state index in [2.05, 4.69) is 32.3 Å². The van der Waals surface area contributed by atoms with Crippen LogP contribution >= 0.6 is 12.2 Å². The second kappa shape index (κ2) is 11.3. The topological polar surface area (TPSA) is 82.6 Å². The Hall–Kier alpha value is -4.20. The van der Waals surface area contributed by atoms with Gasteiger partial charge >= 0.3 is 0 Å². The van der Waals surface area contributed by atoms with E-state index in [0.717, 1.165) is 0 Å². The Balaban J connectivity index is 0.000000182. The molecule has 0 saturated carbocycles. The molecule has 0 aliphatic carbocycles. The van der Waals surface area contributed by atoms with Crippen LogP contribution < -0.4 is 15.2 Å². The summed E-state index contributed by atoms with van der Waals surface area (Å²) in [7, 11) is 0. The molecule has 0 fully saturated rings. The smallest absolute Gasteiger partial charge is 0.162 e. The number of benzene rings is 2. The second-order valence-corrected chi connectivity index (χ2v) is 6.28. The quantitative estimate of drug-likeness (QED) is 0.282. The monoisotopic (exact) mass is 450 g/mol. The number of thiocarbonyl (C=S) groups is 1. The van der Waals surface area contributed by atoms with Crippen LogP contribution in [0, 0.1) is 11.6 Å². The molecule has 0 saturated heterocycles. The maximum Gasteiger partial charge on any atom is 0.162 e. The van der Waals surface area contributed by atoms with Gasteiger partial charge in [0.05, 0.1) is 17.6 Å². The molecule has 0 aliphatic rings. The summed E-state index contributed by atoms with van der Waals surface area (Å²) in [6.07, 6.45) is 2.97. The number of aromatic nitrogens is 2. The van der Waals surface area contributed by atoms with E-state index in [-0.39, 0.29) is 11.6 Å². The number of nitrogen functional groups attached to an aromatic ring is 1. The van der Waals surface area contributed by atoms with Crippen molar-refractivity contribution in [1.82, 2.24) is 9.97 Å². The van der Waals surface area contributed by atoms with Crippen LogP contribution in [0.3, 0.4) is 0 Å². The Kier molecular flexibility index (Phi) is 7.91. The van der Waals surface area contributed by atoms with Crippen LogP contribution in [-0.2, 0) is 0 Å². The molecule has 4 aromatic rings. The number of halogens is 2. The predicted octanol–water partition coefficient (Wildman–Crippen LogP) is 6.34. The van der Waals surface area contributed by atoms with Crippen LogP contribution in [0.1, 0.15) is 0 Å². The molecule has 0 spiro atoms. The van der Waals surface area contributed by atoms with Crippen LogP contribution in [-0.4, -0.2) is 15.1 Å². The molecule has 2 heterocycles. The fourth-order valence-corrected chi connectivity index (χ4v) is 2.42. The minimum Gasteiger partial charge on any atom is -0.456 e. The average Bonchev–Trinajstić information content (AvgIpc) is 2.78. The summed E-state index contributed by atoms with van der Waals surface area (Å²) < 4.78 is 36.5. The van der Waals surface area contributed by atoms with Crippen LogP contribution in [0.25, 0.3) is 0 Å². The number of hydrogen-bond donors (Lipinski definition) is 1. The minimum atomic E-state index is -0.350. The zero-order valence-electron chi connectivity index (χ0n) is 16.5. The van der Waals surface area contributed by atoms with Gasteiger partial charge in [0.25, 0.3) is 0 Å². The highest BCUT2D eigenvalue weighted by molar-refractivity contribution is 7.78. The van der Waals surface area contributed by atoms with E-state index in [1.807, 2.05) is 0 Å². The van der Waals surface area contributed by atoms with Crippen LogP contribution in [0.4, 0.5) is 20.4 Å². The van der Waals surface area contributed by atoms with E-state index in [0.29, 0.717) is 34.6 Å². The summed E-state index contributed by atoms with van der Waals surface area (Å²) in [5, 5.41) is 2.22. The number of ether oxygens (including phenoxy) is 2. The van der Waals surface area contributed by atoms with Gasteiger partial charge in [0, 0.05) is 12.1 Å².